The fraction of sp³-hybridized carbons (Fsp3) is 0.409. The molecule has 0 radical (unpaired) electrons. The molecule has 26 heavy (non-hydrogen) atoms. The fourth-order valence-corrected chi connectivity index (χ4v) is 3.57. The molecule has 0 unspecified atom stereocenters. The smallest absolute Gasteiger partial charge is 0.306 e. The van der Waals surface area contributed by atoms with E-state index in [1.807, 2.05) is 48.5 Å². The van der Waals surface area contributed by atoms with Crippen LogP contribution in [0.15, 0.2) is 48.5 Å². The molecule has 0 atom stereocenters. The Morgan fingerprint density at radius 2 is 1.58 bits per heavy atom. The summed E-state index contributed by atoms with van der Waals surface area (Å²) in [5, 5.41) is 20.0. The zero-order valence-electron chi connectivity index (χ0n) is 15.1. The molecule has 1 saturated carbocycles. The van der Waals surface area contributed by atoms with Gasteiger partial charge in [0.1, 0.15) is 5.75 Å². The Bertz CT molecular complexity index is 726. The van der Waals surface area contributed by atoms with Gasteiger partial charge < -0.3 is 14.9 Å². The van der Waals surface area contributed by atoms with Crippen molar-refractivity contribution in [2.45, 2.75) is 44.6 Å². The number of hydrogen-bond acceptors (Lipinski definition) is 3. The van der Waals surface area contributed by atoms with E-state index in [9.17, 15) is 9.90 Å². The van der Waals surface area contributed by atoms with Gasteiger partial charge >= 0.3 is 5.97 Å². The maximum atomic E-state index is 11.1. The molecule has 1 aliphatic rings. The SMILES string of the molecule is CCCOc1ccc(-c2ccc(C3(O)CCC(C(=O)O)CC3)cc2)cc1. The third kappa shape index (κ3) is 4.07. The van der Waals surface area contributed by atoms with Gasteiger partial charge in [-0.05, 0) is 60.9 Å². The lowest BCUT2D eigenvalue weighted by Crippen LogP contribution is -2.33. The number of ether oxygens (including phenoxy) is 1. The first kappa shape index (κ1) is 18.5. The van der Waals surface area contributed by atoms with Crippen LogP contribution in [0.4, 0.5) is 0 Å². The van der Waals surface area contributed by atoms with Gasteiger partial charge in [-0.2, -0.15) is 0 Å². The molecule has 0 amide bonds. The van der Waals surface area contributed by atoms with Crippen molar-refractivity contribution in [3.05, 3.63) is 54.1 Å². The van der Waals surface area contributed by atoms with E-state index in [-0.39, 0.29) is 5.92 Å². The van der Waals surface area contributed by atoms with E-state index in [1.54, 1.807) is 0 Å². The van der Waals surface area contributed by atoms with Crippen LogP contribution in [0.3, 0.4) is 0 Å². The molecule has 0 saturated heterocycles. The Hall–Kier alpha value is -2.33. The van der Waals surface area contributed by atoms with Gasteiger partial charge in [0, 0.05) is 0 Å². The lowest BCUT2D eigenvalue weighted by atomic mass is 9.75. The molecule has 4 heteroatoms. The van der Waals surface area contributed by atoms with Gasteiger partial charge in [0.2, 0.25) is 0 Å². The van der Waals surface area contributed by atoms with E-state index in [0.717, 1.165) is 35.5 Å². The van der Waals surface area contributed by atoms with E-state index < -0.39 is 11.6 Å². The van der Waals surface area contributed by atoms with E-state index in [1.165, 1.54) is 0 Å². The summed E-state index contributed by atoms with van der Waals surface area (Å²) >= 11 is 0. The van der Waals surface area contributed by atoms with Crippen molar-refractivity contribution in [3.63, 3.8) is 0 Å². The summed E-state index contributed by atoms with van der Waals surface area (Å²) in [6, 6.07) is 16.0. The first-order chi connectivity index (χ1) is 12.5. The highest BCUT2D eigenvalue weighted by Gasteiger charge is 2.36. The van der Waals surface area contributed by atoms with Gasteiger partial charge in [-0.3, -0.25) is 4.79 Å². The van der Waals surface area contributed by atoms with Gasteiger partial charge in [-0.1, -0.05) is 43.3 Å². The number of carbonyl (C=O) groups is 1. The molecular weight excluding hydrogens is 328 g/mol. The van der Waals surface area contributed by atoms with Crippen molar-refractivity contribution >= 4 is 5.97 Å². The van der Waals surface area contributed by atoms with Crippen LogP contribution in [0.1, 0.15) is 44.6 Å². The quantitative estimate of drug-likeness (QED) is 0.795. The van der Waals surface area contributed by atoms with Crippen LogP contribution in [0.5, 0.6) is 5.75 Å². The monoisotopic (exact) mass is 354 g/mol. The largest absolute Gasteiger partial charge is 0.494 e. The molecule has 0 spiro atoms. The molecular formula is C22H26O4. The third-order valence-corrected chi connectivity index (χ3v) is 5.24. The zero-order chi connectivity index (χ0) is 18.6. The summed E-state index contributed by atoms with van der Waals surface area (Å²) in [5.74, 6) is -0.214. The van der Waals surface area contributed by atoms with Crippen LogP contribution in [0.2, 0.25) is 0 Å². The molecule has 4 nitrogen and oxygen atoms in total. The lowest BCUT2D eigenvalue weighted by molar-refractivity contribution is -0.145. The van der Waals surface area contributed by atoms with Gasteiger partial charge in [-0.15, -0.1) is 0 Å². The molecule has 2 aromatic rings. The molecule has 0 aliphatic heterocycles. The Balaban J connectivity index is 1.69. The van der Waals surface area contributed by atoms with Crippen LogP contribution in [-0.2, 0) is 10.4 Å². The molecule has 2 N–H and O–H groups in total. The van der Waals surface area contributed by atoms with Crippen molar-refractivity contribution in [2.24, 2.45) is 5.92 Å². The molecule has 2 aromatic carbocycles. The summed E-state index contributed by atoms with van der Waals surface area (Å²) in [4.78, 5) is 11.1. The van der Waals surface area contributed by atoms with E-state index in [2.05, 4.69) is 6.92 Å². The van der Waals surface area contributed by atoms with Crippen molar-refractivity contribution < 1.29 is 19.7 Å². The second-order valence-electron chi connectivity index (χ2n) is 7.09. The van der Waals surface area contributed by atoms with Crippen LogP contribution in [0, 0.1) is 5.92 Å². The minimum Gasteiger partial charge on any atom is -0.494 e. The number of aliphatic hydroxyl groups is 1. The Morgan fingerprint density at radius 3 is 2.08 bits per heavy atom. The molecule has 0 heterocycles. The van der Waals surface area contributed by atoms with Crippen molar-refractivity contribution in [1.29, 1.82) is 0 Å². The topological polar surface area (TPSA) is 66.8 Å². The third-order valence-electron chi connectivity index (χ3n) is 5.24. The normalized spacial score (nSPS) is 22.8. The highest BCUT2D eigenvalue weighted by Crippen LogP contribution is 2.40. The summed E-state index contributed by atoms with van der Waals surface area (Å²) in [6.45, 7) is 2.80. The lowest BCUT2D eigenvalue weighted by Gasteiger charge is -2.35. The number of benzene rings is 2. The number of carboxylic acid groups (broad SMARTS) is 1. The zero-order valence-corrected chi connectivity index (χ0v) is 15.1. The number of aliphatic carboxylic acids is 1. The van der Waals surface area contributed by atoms with Crippen LogP contribution in [-0.4, -0.2) is 22.8 Å². The summed E-state index contributed by atoms with van der Waals surface area (Å²) < 4.78 is 5.61. The molecule has 3 rings (SSSR count). The maximum Gasteiger partial charge on any atom is 0.306 e. The van der Waals surface area contributed by atoms with Gasteiger partial charge in [0.05, 0.1) is 18.1 Å². The second-order valence-corrected chi connectivity index (χ2v) is 7.09. The highest BCUT2D eigenvalue weighted by molar-refractivity contribution is 5.70. The molecule has 1 fully saturated rings. The Kier molecular flexibility index (Phi) is 5.62. The summed E-state index contributed by atoms with van der Waals surface area (Å²) in [7, 11) is 0. The number of rotatable bonds is 6. The first-order valence-electron chi connectivity index (χ1n) is 9.31. The van der Waals surface area contributed by atoms with Crippen LogP contribution < -0.4 is 4.74 Å². The molecule has 138 valence electrons. The van der Waals surface area contributed by atoms with Gasteiger partial charge in [-0.25, -0.2) is 0 Å². The van der Waals surface area contributed by atoms with Crippen molar-refractivity contribution in [1.82, 2.24) is 0 Å². The van der Waals surface area contributed by atoms with Crippen LogP contribution >= 0.6 is 0 Å². The Labute approximate surface area is 154 Å². The van der Waals surface area contributed by atoms with E-state index in [0.29, 0.717) is 25.7 Å². The molecule has 0 aromatic heterocycles. The van der Waals surface area contributed by atoms with Crippen molar-refractivity contribution in [3.8, 4) is 16.9 Å². The number of carboxylic acids is 1. The minimum atomic E-state index is -0.914. The Morgan fingerprint density at radius 1 is 1.04 bits per heavy atom. The highest BCUT2D eigenvalue weighted by atomic mass is 16.5. The van der Waals surface area contributed by atoms with Gasteiger partial charge in [0.15, 0.2) is 0 Å². The predicted molar refractivity (Wildman–Crippen MR) is 101 cm³/mol. The van der Waals surface area contributed by atoms with Gasteiger partial charge in [0.25, 0.3) is 0 Å². The number of hydrogen-bond donors (Lipinski definition) is 2. The predicted octanol–water partition coefficient (Wildman–Crippen LogP) is 4.60. The average Bonchev–Trinajstić information content (AvgIpc) is 2.67. The summed E-state index contributed by atoms with van der Waals surface area (Å²) in [5.41, 5.74) is 2.14. The van der Waals surface area contributed by atoms with Crippen LogP contribution in [0.25, 0.3) is 11.1 Å². The maximum absolute atomic E-state index is 11.1. The van der Waals surface area contributed by atoms with Crippen molar-refractivity contribution in [2.75, 3.05) is 6.61 Å². The average molecular weight is 354 g/mol. The minimum absolute atomic E-state index is 0.331. The fourth-order valence-electron chi connectivity index (χ4n) is 3.57. The molecule has 1 aliphatic carbocycles. The standard InChI is InChI=1S/C22H26O4/c1-2-15-26-20-9-5-17(6-10-20)16-3-7-19(8-4-16)22(25)13-11-18(12-14-22)21(23)24/h3-10,18,25H,2,11-15H2,1H3,(H,23,24). The molecule has 0 bridgehead atoms. The first-order valence-corrected chi connectivity index (χ1v) is 9.31. The second kappa shape index (κ2) is 7.92. The summed E-state index contributed by atoms with van der Waals surface area (Å²) in [6.07, 6.45) is 3.01. The van der Waals surface area contributed by atoms with E-state index >= 15 is 0 Å². The van der Waals surface area contributed by atoms with E-state index in [4.69, 9.17) is 9.84 Å².